The van der Waals surface area contributed by atoms with Crippen molar-refractivity contribution in [1.29, 1.82) is 0 Å². The second-order valence-electron chi connectivity index (χ2n) is 4.29. The number of aliphatic carboxylic acids is 1. The van der Waals surface area contributed by atoms with E-state index < -0.39 is 24.0 Å². The molecule has 0 saturated heterocycles. The molecule has 1 rings (SSSR count). The number of carboxylic acids is 1. The quantitative estimate of drug-likeness (QED) is 0.672. The van der Waals surface area contributed by atoms with Crippen LogP contribution >= 0.6 is 0 Å². The number of amides is 2. The van der Waals surface area contributed by atoms with E-state index in [0.29, 0.717) is 5.69 Å². The van der Waals surface area contributed by atoms with Gasteiger partial charge in [-0.05, 0) is 25.5 Å². The summed E-state index contributed by atoms with van der Waals surface area (Å²) in [5.41, 5.74) is 1.23. The van der Waals surface area contributed by atoms with Crippen LogP contribution in [0.25, 0.3) is 0 Å². The van der Waals surface area contributed by atoms with Gasteiger partial charge in [-0.25, -0.2) is 9.59 Å². The number of aromatic nitrogens is 1. The molecule has 0 spiro atoms. The van der Waals surface area contributed by atoms with Crippen LogP contribution in [-0.2, 0) is 14.3 Å². The fourth-order valence-electron chi connectivity index (χ4n) is 1.49. The van der Waals surface area contributed by atoms with Gasteiger partial charge in [-0.15, -0.1) is 0 Å². The van der Waals surface area contributed by atoms with Gasteiger partial charge in [0.05, 0.1) is 19.0 Å². The summed E-state index contributed by atoms with van der Waals surface area (Å²) in [5, 5.41) is 13.7. The van der Waals surface area contributed by atoms with E-state index in [4.69, 9.17) is 5.11 Å². The predicted molar refractivity (Wildman–Crippen MR) is 73.8 cm³/mol. The van der Waals surface area contributed by atoms with Crippen molar-refractivity contribution >= 4 is 23.7 Å². The molecule has 1 aromatic heterocycles. The lowest BCUT2D eigenvalue weighted by atomic mass is 10.1. The molecule has 8 nitrogen and oxygen atoms in total. The second kappa shape index (κ2) is 7.83. The van der Waals surface area contributed by atoms with Gasteiger partial charge < -0.3 is 20.5 Å². The third-order valence-corrected chi connectivity index (χ3v) is 2.64. The van der Waals surface area contributed by atoms with Crippen LogP contribution in [0.1, 0.15) is 18.5 Å². The predicted octanol–water partition coefficient (Wildman–Crippen LogP) is 0.918. The lowest BCUT2D eigenvalue weighted by Gasteiger charge is -2.14. The highest BCUT2D eigenvalue weighted by Gasteiger charge is 2.21. The van der Waals surface area contributed by atoms with Gasteiger partial charge in [0, 0.05) is 12.1 Å². The van der Waals surface area contributed by atoms with Crippen molar-refractivity contribution in [3.05, 3.63) is 24.0 Å². The standard InChI is InChI=1S/C13H17N3O5/c1-8-3-4-9(7-14-8)15-13(20)16-10(12(18)19)5-6-11(17)21-2/h3-4,7,10H,5-6H2,1-2H3,(H,18,19)(H2,15,16,20)/t10-/m0/s1. The summed E-state index contributed by atoms with van der Waals surface area (Å²) in [4.78, 5) is 37.7. The molecule has 114 valence electrons. The van der Waals surface area contributed by atoms with E-state index in [1.54, 1.807) is 19.1 Å². The molecular formula is C13H17N3O5. The van der Waals surface area contributed by atoms with E-state index >= 15 is 0 Å². The lowest BCUT2D eigenvalue weighted by molar-refractivity contribution is -0.142. The van der Waals surface area contributed by atoms with Gasteiger partial charge in [0.15, 0.2) is 0 Å². The minimum Gasteiger partial charge on any atom is -0.480 e. The molecule has 0 unspecified atom stereocenters. The summed E-state index contributed by atoms with van der Waals surface area (Å²) in [6.07, 6.45) is 1.31. The second-order valence-corrected chi connectivity index (χ2v) is 4.29. The van der Waals surface area contributed by atoms with Gasteiger partial charge in [-0.2, -0.15) is 0 Å². The van der Waals surface area contributed by atoms with E-state index in [-0.39, 0.29) is 12.8 Å². The molecule has 0 aromatic carbocycles. The molecule has 0 saturated carbocycles. The Hall–Kier alpha value is -2.64. The highest BCUT2D eigenvalue weighted by atomic mass is 16.5. The van der Waals surface area contributed by atoms with Crippen LogP contribution in [0.5, 0.6) is 0 Å². The Kier molecular flexibility index (Phi) is 6.12. The Morgan fingerprint density at radius 1 is 1.38 bits per heavy atom. The SMILES string of the molecule is COC(=O)CC[C@H](NC(=O)Nc1ccc(C)nc1)C(=O)O. The number of nitrogens with one attached hydrogen (secondary N) is 2. The van der Waals surface area contributed by atoms with Gasteiger partial charge >= 0.3 is 18.0 Å². The molecule has 2 amide bonds. The van der Waals surface area contributed by atoms with E-state index in [1.807, 2.05) is 0 Å². The molecule has 21 heavy (non-hydrogen) atoms. The number of hydrogen-bond acceptors (Lipinski definition) is 5. The Morgan fingerprint density at radius 2 is 2.10 bits per heavy atom. The molecule has 0 fully saturated rings. The number of methoxy groups -OCH3 is 1. The van der Waals surface area contributed by atoms with Crippen molar-refractivity contribution in [3.63, 3.8) is 0 Å². The van der Waals surface area contributed by atoms with Gasteiger partial charge in [-0.1, -0.05) is 0 Å². The lowest BCUT2D eigenvalue weighted by Crippen LogP contribution is -2.43. The molecule has 3 N–H and O–H groups in total. The van der Waals surface area contributed by atoms with Crippen molar-refractivity contribution in [2.45, 2.75) is 25.8 Å². The zero-order valence-electron chi connectivity index (χ0n) is 11.8. The zero-order chi connectivity index (χ0) is 15.8. The molecule has 1 heterocycles. The molecule has 0 aliphatic heterocycles. The summed E-state index contributed by atoms with van der Waals surface area (Å²) in [6, 6.07) is 1.49. The van der Waals surface area contributed by atoms with Gasteiger partial charge in [0.2, 0.25) is 0 Å². The zero-order valence-corrected chi connectivity index (χ0v) is 11.8. The first kappa shape index (κ1) is 16.4. The number of urea groups is 1. The number of anilines is 1. The average Bonchev–Trinajstić information content (AvgIpc) is 2.45. The minimum absolute atomic E-state index is 0.0540. The summed E-state index contributed by atoms with van der Waals surface area (Å²) in [6.45, 7) is 1.80. The highest BCUT2D eigenvalue weighted by molar-refractivity contribution is 5.92. The average molecular weight is 295 g/mol. The third kappa shape index (κ3) is 5.89. The number of ether oxygens (including phenoxy) is 1. The molecule has 0 bridgehead atoms. The first-order chi connectivity index (χ1) is 9.92. The Morgan fingerprint density at radius 3 is 2.62 bits per heavy atom. The van der Waals surface area contributed by atoms with E-state index in [0.717, 1.165) is 5.69 Å². The molecule has 1 atom stereocenters. The monoisotopic (exact) mass is 295 g/mol. The molecule has 0 radical (unpaired) electrons. The van der Waals surface area contributed by atoms with Gasteiger partial charge in [0.25, 0.3) is 0 Å². The number of pyridine rings is 1. The summed E-state index contributed by atoms with van der Waals surface area (Å²) in [7, 11) is 1.21. The highest BCUT2D eigenvalue weighted by Crippen LogP contribution is 2.06. The van der Waals surface area contributed by atoms with Gasteiger partial charge in [0.1, 0.15) is 6.04 Å². The first-order valence-corrected chi connectivity index (χ1v) is 6.22. The van der Waals surface area contributed by atoms with Crippen LogP contribution in [0.2, 0.25) is 0 Å². The number of rotatable bonds is 6. The molecule has 1 aromatic rings. The molecule has 0 aliphatic rings. The molecule has 0 aliphatic carbocycles. The third-order valence-electron chi connectivity index (χ3n) is 2.64. The van der Waals surface area contributed by atoms with Crippen LogP contribution in [0.15, 0.2) is 18.3 Å². The number of nitrogens with zero attached hydrogens (tertiary/aromatic N) is 1. The van der Waals surface area contributed by atoms with Crippen molar-refractivity contribution < 1.29 is 24.2 Å². The molecule has 8 heteroatoms. The Balaban J connectivity index is 2.54. The number of hydrogen-bond donors (Lipinski definition) is 3. The van der Waals surface area contributed by atoms with Crippen LogP contribution in [0, 0.1) is 6.92 Å². The van der Waals surface area contributed by atoms with Crippen LogP contribution in [-0.4, -0.2) is 41.2 Å². The van der Waals surface area contributed by atoms with Crippen LogP contribution in [0.3, 0.4) is 0 Å². The van der Waals surface area contributed by atoms with Crippen molar-refractivity contribution in [1.82, 2.24) is 10.3 Å². The maximum atomic E-state index is 11.7. The van der Waals surface area contributed by atoms with Crippen molar-refractivity contribution in [3.8, 4) is 0 Å². The number of carboxylic acid groups (broad SMARTS) is 1. The Bertz CT molecular complexity index is 515. The Labute approximate surface area is 121 Å². The fraction of sp³-hybridized carbons (Fsp3) is 0.385. The van der Waals surface area contributed by atoms with E-state index in [9.17, 15) is 14.4 Å². The smallest absolute Gasteiger partial charge is 0.326 e. The van der Waals surface area contributed by atoms with E-state index in [1.165, 1.54) is 13.3 Å². The van der Waals surface area contributed by atoms with Crippen molar-refractivity contribution in [2.24, 2.45) is 0 Å². The normalized spacial score (nSPS) is 11.3. The number of esters is 1. The maximum absolute atomic E-state index is 11.7. The minimum atomic E-state index is -1.23. The maximum Gasteiger partial charge on any atom is 0.326 e. The first-order valence-electron chi connectivity index (χ1n) is 6.22. The number of carbonyl (C=O) groups is 3. The number of carbonyl (C=O) groups excluding carboxylic acids is 2. The number of aryl methyl sites for hydroxylation is 1. The van der Waals surface area contributed by atoms with Crippen LogP contribution in [0.4, 0.5) is 10.5 Å². The topological polar surface area (TPSA) is 118 Å². The fourth-order valence-corrected chi connectivity index (χ4v) is 1.49. The van der Waals surface area contributed by atoms with Crippen molar-refractivity contribution in [2.75, 3.05) is 12.4 Å². The largest absolute Gasteiger partial charge is 0.480 e. The van der Waals surface area contributed by atoms with Gasteiger partial charge in [-0.3, -0.25) is 9.78 Å². The van der Waals surface area contributed by atoms with Crippen LogP contribution < -0.4 is 10.6 Å². The molecular weight excluding hydrogens is 278 g/mol. The van der Waals surface area contributed by atoms with E-state index in [2.05, 4.69) is 20.4 Å². The summed E-state index contributed by atoms with van der Waals surface area (Å²) in [5.74, 6) is -1.76. The summed E-state index contributed by atoms with van der Waals surface area (Å²) < 4.78 is 4.42. The summed E-state index contributed by atoms with van der Waals surface area (Å²) >= 11 is 0.